The average Bonchev–Trinajstić information content (AvgIpc) is 2.75. The Labute approximate surface area is 115 Å². The predicted molar refractivity (Wildman–Crippen MR) is 68.8 cm³/mol. The second kappa shape index (κ2) is 6.27. The van der Waals surface area contributed by atoms with Gasteiger partial charge in [-0.1, -0.05) is 12.1 Å². The number of halogens is 1. The fourth-order valence-electron chi connectivity index (χ4n) is 1.98. The minimum Gasteiger partial charge on any atom is -0.352 e. The van der Waals surface area contributed by atoms with Crippen molar-refractivity contribution in [2.75, 3.05) is 6.54 Å². The monoisotopic (exact) mass is 278 g/mol. The van der Waals surface area contributed by atoms with Crippen LogP contribution in [0.25, 0.3) is 0 Å². The maximum absolute atomic E-state index is 12.7. The van der Waals surface area contributed by atoms with E-state index in [0.717, 1.165) is 10.5 Å². The smallest absolute Gasteiger partial charge is 0.229 e. The maximum atomic E-state index is 12.7. The topological polar surface area (TPSA) is 66.5 Å². The van der Waals surface area contributed by atoms with Gasteiger partial charge in [-0.15, -0.1) is 0 Å². The van der Waals surface area contributed by atoms with E-state index in [1.54, 1.807) is 12.1 Å². The lowest BCUT2D eigenvalue weighted by molar-refractivity contribution is -0.138. The van der Waals surface area contributed by atoms with E-state index in [0.29, 0.717) is 6.54 Å². The number of hydrogen-bond acceptors (Lipinski definition) is 3. The molecule has 1 aromatic carbocycles. The van der Waals surface area contributed by atoms with Gasteiger partial charge in [0.1, 0.15) is 5.82 Å². The van der Waals surface area contributed by atoms with Gasteiger partial charge in [0.2, 0.25) is 17.7 Å². The Morgan fingerprint density at radius 3 is 2.35 bits per heavy atom. The van der Waals surface area contributed by atoms with Crippen LogP contribution in [0, 0.1) is 5.82 Å². The van der Waals surface area contributed by atoms with Crippen LogP contribution < -0.4 is 5.32 Å². The van der Waals surface area contributed by atoms with Gasteiger partial charge < -0.3 is 5.32 Å². The van der Waals surface area contributed by atoms with E-state index >= 15 is 0 Å². The van der Waals surface area contributed by atoms with E-state index in [1.165, 1.54) is 12.1 Å². The molecule has 0 atom stereocenters. The van der Waals surface area contributed by atoms with Gasteiger partial charge in [-0.2, -0.15) is 0 Å². The number of benzene rings is 1. The van der Waals surface area contributed by atoms with Gasteiger partial charge in [0.15, 0.2) is 0 Å². The molecule has 0 bridgehead atoms. The Morgan fingerprint density at radius 1 is 1.15 bits per heavy atom. The van der Waals surface area contributed by atoms with Gasteiger partial charge >= 0.3 is 0 Å². The predicted octanol–water partition coefficient (Wildman–Crippen LogP) is 0.981. The third kappa shape index (κ3) is 3.63. The summed E-state index contributed by atoms with van der Waals surface area (Å²) >= 11 is 0. The van der Waals surface area contributed by atoms with Crippen molar-refractivity contribution in [1.29, 1.82) is 0 Å². The molecule has 1 aliphatic heterocycles. The second-order valence-corrected chi connectivity index (χ2v) is 4.59. The number of carbonyl (C=O) groups excluding carboxylic acids is 3. The minimum absolute atomic E-state index is 0.0820. The molecular formula is C14H15FN2O3. The first kappa shape index (κ1) is 14.2. The van der Waals surface area contributed by atoms with Crippen molar-refractivity contribution in [1.82, 2.24) is 10.2 Å². The first-order valence-corrected chi connectivity index (χ1v) is 6.40. The van der Waals surface area contributed by atoms with E-state index in [-0.39, 0.29) is 49.3 Å². The fraction of sp³-hybridized carbons (Fsp3) is 0.357. The van der Waals surface area contributed by atoms with Crippen LogP contribution >= 0.6 is 0 Å². The third-order valence-electron chi connectivity index (χ3n) is 3.12. The first-order valence-electron chi connectivity index (χ1n) is 6.40. The van der Waals surface area contributed by atoms with Gasteiger partial charge in [0.05, 0.1) is 0 Å². The largest absolute Gasteiger partial charge is 0.352 e. The summed E-state index contributed by atoms with van der Waals surface area (Å²) in [4.78, 5) is 35.4. The van der Waals surface area contributed by atoms with Crippen molar-refractivity contribution in [3.05, 3.63) is 35.6 Å². The normalized spacial score (nSPS) is 14.8. The molecule has 1 heterocycles. The molecule has 1 N–H and O–H groups in total. The molecule has 0 saturated carbocycles. The number of amides is 3. The first-order chi connectivity index (χ1) is 9.56. The highest BCUT2D eigenvalue weighted by Crippen LogP contribution is 2.11. The van der Waals surface area contributed by atoms with Crippen molar-refractivity contribution < 1.29 is 18.8 Å². The number of rotatable bonds is 5. The van der Waals surface area contributed by atoms with Gasteiger partial charge in [0, 0.05) is 32.4 Å². The Hall–Kier alpha value is -2.24. The fourth-order valence-corrected chi connectivity index (χ4v) is 1.98. The van der Waals surface area contributed by atoms with Crippen LogP contribution in [0.4, 0.5) is 4.39 Å². The van der Waals surface area contributed by atoms with Crippen LogP contribution in [0.2, 0.25) is 0 Å². The number of carbonyl (C=O) groups is 3. The SMILES string of the molecule is O=C(CCN1C(=O)CCC1=O)NCc1ccc(F)cc1. The number of nitrogens with one attached hydrogen (secondary N) is 1. The quantitative estimate of drug-likeness (QED) is 0.816. The molecule has 0 unspecified atom stereocenters. The lowest BCUT2D eigenvalue weighted by Crippen LogP contribution is -2.34. The van der Waals surface area contributed by atoms with Crippen molar-refractivity contribution in [2.45, 2.75) is 25.8 Å². The number of imide groups is 1. The Morgan fingerprint density at radius 2 is 1.75 bits per heavy atom. The van der Waals surface area contributed by atoms with E-state index in [1.807, 2.05) is 0 Å². The molecule has 5 nitrogen and oxygen atoms in total. The van der Waals surface area contributed by atoms with E-state index < -0.39 is 0 Å². The number of nitrogens with zero attached hydrogens (tertiary/aromatic N) is 1. The molecular weight excluding hydrogens is 263 g/mol. The van der Waals surface area contributed by atoms with Crippen LogP contribution in [-0.2, 0) is 20.9 Å². The molecule has 6 heteroatoms. The van der Waals surface area contributed by atoms with Crippen molar-refractivity contribution in [2.24, 2.45) is 0 Å². The summed E-state index contributed by atoms with van der Waals surface area (Å²) in [5, 5.41) is 2.66. The molecule has 0 spiro atoms. The van der Waals surface area contributed by atoms with Gasteiger partial charge in [-0.25, -0.2) is 4.39 Å². The molecule has 1 aliphatic rings. The summed E-state index contributed by atoms with van der Waals surface area (Å²) in [5.74, 6) is -1.02. The molecule has 106 valence electrons. The van der Waals surface area contributed by atoms with Crippen molar-refractivity contribution in [3.8, 4) is 0 Å². The highest BCUT2D eigenvalue weighted by atomic mass is 19.1. The summed E-state index contributed by atoms with van der Waals surface area (Å²) in [6.07, 6.45) is 0.546. The Kier molecular flexibility index (Phi) is 4.45. The molecule has 20 heavy (non-hydrogen) atoms. The number of likely N-dealkylation sites (tertiary alicyclic amines) is 1. The zero-order valence-electron chi connectivity index (χ0n) is 10.9. The van der Waals surface area contributed by atoms with Gasteiger partial charge in [0.25, 0.3) is 0 Å². The standard InChI is InChI=1S/C14H15FN2O3/c15-11-3-1-10(2-4-11)9-16-12(18)7-8-17-13(19)5-6-14(17)20/h1-4H,5-9H2,(H,16,18). The number of hydrogen-bond donors (Lipinski definition) is 1. The van der Waals surface area contributed by atoms with E-state index in [4.69, 9.17) is 0 Å². The highest BCUT2D eigenvalue weighted by Gasteiger charge is 2.28. The van der Waals surface area contributed by atoms with Crippen LogP contribution in [0.5, 0.6) is 0 Å². The second-order valence-electron chi connectivity index (χ2n) is 4.59. The van der Waals surface area contributed by atoms with Crippen molar-refractivity contribution >= 4 is 17.7 Å². The third-order valence-corrected chi connectivity index (χ3v) is 3.12. The molecule has 2 rings (SSSR count). The maximum Gasteiger partial charge on any atom is 0.229 e. The molecule has 0 radical (unpaired) electrons. The summed E-state index contributed by atoms with van der Waals surface area (Å²) in [6, 6.07) is 5.82. The van der Waals surface area contributed by atoms with E-state index in [9.17, 15) is 18.8 Å². The van der Waals surface area contributed by atoms with E-state index in [2.05, 4.69) is 5.32 Å². The summed E-state index contributed by atoms with van der Waals surface area (Å²) < 4.78 is 12.7. The highest BCUT2D eigenvalue weighted by molar-refractivity contribution is 6.02. The zero-order valence-corrected chi connectivity index (χ0v) is 10.9. The van der Waals surface area contributed by atoms with Crippen LogP contribution in [-0.4, -0.2) is 29.2 Å². The van der Waals surface area contributed by atoms with Crippen LogP contribution in [0.15, 0.2) is 24.3 Å². The molecule has 1 saturated heterocycles. The van der Waals surface area contributed by atoms with Crippen molar-refractivity contribution in [3.63, 3.8) is 0 Å². The van der Waals surface area contributed by atoms with Gasteiger partial charge in [-0.3, -0.25) is 19.3 Å². The van der Waals surface area contributed by atoms with Gasteiger partial charge in [-0.05, 0) is 17.7 Å². The summed E-state index contributed by atoms with van der Waals surface area (Å²) in [5.41, 5.74) is 0.785. The van der Waals surface area contributed by atoms with Crippen LogP contribution in [0.3, 0.4) is 0 Å². The zero-order chi connectivity index (χ0) is 14.5. The Bertz CT molecular complexity index is 512. The van der Waals surface area contributed by atoms with Crippen LogP contribution in [0.1, 0.15) is 24.8 Å². The summed E-state index contributed by atoms with van der Waals surface area (Å²) in [7, 11) is 0. The average molecular weight is 278 g/mol. The molecule has 0 aromatic heterocycles. The molecule has 1 fully saturated rings. The Balaban J connectivity index is 1.74. The molecule has 3 amide bonds. The lowest BCUT2D eigenvalue weighted by Gasteiger charge is -2.13. The molecule has 0 aliphatic carbocycles. The molecule has 1 aromatic rings. The lowest BCUT2D eigenvalue weighted by atomic mass is 10.2. The summed E-state index contributed by atoms with van der Waals surface area (Å²) in [6.45, 7) is 0.411. The minimum atomic E-state index is -0.328.